The van der Waals surface area contributed by atoms with Crippen LogP contribution in [0.1, 0.15) is 12.0 Å². The third-order valence-electron chi connectivity index (χ3n) is 3.90. The second-order valence-corrected chi connectivity index (χ2v) is 7.26. The van der Waals surface area contributed by atoms with Crippen LogP contribution >= 0.6 is 0 Å². The van der Waals surface area contributed by atoms with Crippen molar-refractivity contribution in [1.82, 2.24) is 4.72 Å². The van der Waals surface area contributed by atoms with Crippen molar-refractivity contribution in [3.63, 3.8) is 0 Å². The lowest BCUT2D eigenvalue weighted by Gasteiger charge is -2.34. The zero-order chi connectivity index (χ0) is 17.4. The largest absolute Gasteiger partial charge is 0.493 e. The Labute approximate surface area is 137 Å². The summed E-state index contributed by atoms with van der Waals surface area (Å²) in [6.45, 7) is -0.171. The van der Waals surface area contributed by atoms with Gasteiger partial charge in [-0.3, -0.25) is 0 Å². The number of sulfonamides is 1. The first kappa shape index (κ1) is 16.8. The second-order valence-electron chi connectivity index (χ2n) is 5.53. The van der Waals surface area contributed by atoms with Crippen molar-refractivity contribution < 1.29 is 27.0 Å². The summed E-state index contributed by atoms with van der Waals surface area (Å²) in [6.07, 6.45) is 0.165. The molecule has 0 saturated carbocycles. The Bertz CT molecular complexity index is 872. The van der Waals surface area contributed by atoms with Crippen molar-refractivity contribution in [1.29, 1.82) is 0 Å². The van der Waals surface area contributed by atoms with Gasteiger partial charge in [0.15, 0.2) is 0 Å². The van der Waals surface area contributed by atoms with E-state index in [0.29, 0.717) is 17.4 Å². The zero-order valence-corrected chi connectivity index (χ0v) is 13.3. The van der Waals surface area contributed by atoms with Crippen LogP contribution in [-0.2, 0) is 15.6 Å². The van der Waals surface area contributed by atoms with E-state index in [1.54, 1.807) is 24.3 Å². The molecule has 0 fully saturated rings. The van der Waals surface area contributed by atoms with Gasteiger partial charge in [0.1, 0.15) is 27.9 Å². The van der Waals surface area contributed by atoms with Crippen molar-refractivity contribution in [3.8, 4) is 5.75 Å². The number of para-hydroxylation sites is 1. The molecule has 0 spiro atoms. The number of ether oxygens (including phenoxy) is 1. The topological polar surface area (TPSA) is 75.6 Å². The number of aliphatic hydroxyl groups is 1. The SMILES string of the molecule is O=S(=O)(NCC1(O)CCOc2ccccc21)c1cc(F)ccc1F. The van der Waals surface area contributed by atoms with Crippen molar-refractivity contribution in [2.24, 2.45) is 0 Å². The molecule has 0 radical (unpaired) electrons. The minimum Gasteiger partial charge on any atom is -0.493 e. The van der Waals surface area contributed by atoms with Crippen LogP contribution in [0.3, 0.4) is 0 Å². The van der Waals surface area contributed by atoms with Crippen LogP contribution in [0, 0.1) is 11.6 Å². The molecule has 2 aromatic rings. The molecule has 1 heterocycles. The molecule has 24 heavy (non-hydrogen) atoms. The normalized spacial score (nSPS) is 20.3. The predicted molar refractivity (Wildman–Crippen MR) is 82.0 cm³/mol. The average Bonchev–Trinajstić information content (AvgIpc) is 2.56. The van der Waals surface area contributed by atoms with Crippen molar-refractivity contribution >= 4 is 10.0 Å². The summed E-state index contributed by atoms with van der Waals surface area (Å²) < 4.78 is 59.0. The summed E-state index contributed by atoms with van der Waals surface area (Å²) in [4.78, 5) is -0.800. The van der Waals surface area contributed by atoms with Crippen LogP contribution in [0.4, 0.5) is 8.78 Å². The lowest BCUT2D eigenvalue weighted by Crippen LogP contribution is -2.44. The maximum Gasteiger partial charge on any atom is 0.243 e. The molecule has 5 nitrogen and oxygen atoms in total. The highest BCUT2D eigenvalue weighted by atomic mass is 32.2. The lowest BCUT2D eigenvalue weighted by molar-refractivity contribution is 0.00218. The van der Waals surface area contributed by atoms with Crippen LogP contribution in [0.25, 0.3) is 0 Å². The minimum atomic E-state index is -4.32. The molecular weight excluding hydrogens is 340 g/mol. The molecule has 2 aromatic carbocycles. The van der Waals surface area contributed by atoms with Crippen LogP contribution in [-0.4, -0.2) is 26.7 Å². The van der Waals surface area contributed by atoms with Gasteiger partial charge in [-0.1, -0.05) is 18.2 Å². The summed E-state index contributed by atoms with van der Waals surface area (Å²) in [5.41, 5.74) is -1.05. The van der Waals surface area contributed by atoms with Crippen LogP contribution in [0.2, 0.25) is 0 Å². The smallest absolute Gasteiger partial charge is 0.243 e. The van der Waals surface area contributed by atoms with Gasteiger partial charge in [0.05, 0.1) is 6.61 Å². The first-order valence-electron chi connectivity index (χ1n) is 7.21. The molecule has 1 unspecified atom stereocenters. The summed E-state index contributed by atoms with van der Waals surface area (Å²) in [5.74, 6) is -1.47. The van der Waals surface area contributed by atoms with E-state index in [1.807, 2.05) is 0 Å². The molecule has 0 amide bonds. The van der Waals surface area contributed by atoms with Gasteiger partial charge in [-0.25, -0.2) is 21.9 Å². The van der Waals surface area contributed by atoms with Crippen molar-refractivity contribution in [2.75, 3.05) is 13.2 Å². The van der Waals surface area contributed by atoms with Gasteiger partial charge in [0.25, 0.3) is 0 Å². The number of rotatable bonds is 4. The highest BCUT2D eigenvalue weighted by Crippen LogP contribution is 2.36. The fourth-order valence-electron chi connectivity index (χ4n) is 2.60. The highest BCUT2D eigenvalue weighted by Gasteiger charge is 2.37. The molecule has 128 valence electrons. The average molecular weight is 355 g/mol. The molecular formula is C16H15F2NO4S. The first-order valence-corrected chi connectivity index (χ1v) is 8.70. The molecule has 0 saturated heterocycles. The van der Waals surface area contributed by atoms with E-state index in [2.05, 4.69) is 4.72 Å². The van der Waals surface area contributed by atoms with E-state index < -0.39 is 32.2 Å². The molecule has 1 aliphatic rings. The van der Waals surface area contributed by atoms with Crippen LogP contribution < -0.4 is 9.46 Å². The van der Waals surface area contributed by atoms with E-state index in [9.17, 15) is 22.3 Å². The van der Waals surface area contributed by atoms with Gasteiger partial charge in [0.2, 0.25) is 10.0 Å². The Balaban J connectivity index is 1.86. The van der Waals surface area contributed by atoms with Gasteiger partial charge < -0.3 is 9.84 Å². The Morgan fingerprint density at radius 1 is 1.21 bits per heavy atom. The molecule has 2 N–H and O–H groups in total. The lowest BCUT2D eigenvalue weighted by atomic mass is 9.88. The number of benzene rings is 2. The summed E-state index contributed by atoms with van der Waals surface area (Å²) in [7, 11) is -4.32. The fourth-order valence-corrected chi connectivity index (χ4v) is 3.78. The van der Waals surface area contributed by atoms with E-state index in [1.165, 1.54) is 0 Å². The number of halogens is 2. The van der Waals surface area contributed by atoms with Crippen molar-refractivity contribution in [2.45, 2.75) is 16.9 Å². The Hall–Kier alpha value is -2.03. The number of nitrogens with one attached hydrogen (secondary N) is 1. The summed E-state index contributed by atoms with van der Waals surface area (Å²) >= 11 is 0. The maximum atomic E-state index is 13.7. The monoisotopic (exact) mass is 355 g/mol. The number of hydrogen-bond donors (Lipinski definition) is 2. The van der Waals surface area contributed by atoms with Gasteiger partial charge in [-0.2, -0.15) is 0 Å². The standard InChI is InChI=1S/C16H15F2NO4S/c17-11-5-6-13(18)15(9-11)24(21,22)19-10-16(20)7-8-23-14-4-2-1-3-12(14)16/h1-6,9,19-20H,7-8,10H2. The zero-order valence-electron chi connectivity index (χ0n) is 12.5. The van der Waals surface area contributed by atoms with Gasteiger partial charge >= 0.3 is 0 Å². The maximum absolute atomic E-state index is 13.7. The van der Waals surface area contributed by atoms with E-state index >= 15 is 0 Å². The summed E-state index contributed by atoms with van der Waals surface area (Å²) in [5, 5.41) is 10.8. The summed E-state index contributed by atoms with van der Waals surface area (Å²) in [6, 6.07) is 8.89. The minimum absolute atomic E-state index is 0.165. The Morgan fingerprint density at radius 2 is 1.96 bits per heavy atom. The molecule has 0 aromatic heterocycles. The van der Waals surface area contributed by atoms with Crippen LogP contribution in [0.5, 0.6) is 5.75 Å². The van der Waals surface area contributed by atoms with Gasteiger partial charge in [-0.05, 0) is 24.3 Å². The third-order valence-corrected chi connectivity index (χ3v) is 5.32. The Kier molecular flexibility index (Phi) is 4.29. The molecule has 0 aliphatic carbocycles. The van der Waals surface area contributed by atoms with E-state index in [-0.39, 0.29) is 19.6 Å². The van der Waals surface area contributed by atoms with Gasteiger partial charge in [-0.15, -0.1) is 0 Å². The third kappa shape index (κ3) is 3.12. The molecule has 3 rings (SSSR count). The predicted octanol–water partition coefficient (Wildman–Crippen LogP) is 1.91. The molecule has 1 atom stereocenters. The quantitative estimate of drug-likeness (QED) is 0.879. The van der Waals surface area contributed by atoms with Gasteiger partial charge in [0, 0.05) is 18.5 Å². The molecule has 8 heteroatoms. The Morgan fingerprint density at radius 3 is 2.75 bits per heavy atom. The van der Waals surface area contributed by atoms with Crippen LogP contribution in [0.15, 0.2) is 47.4 Å². The molecule has 1 aliphatic heterocycles. The highest BCUT2D eigenvalue weighted by molar-refractivity contribution is 7.89. The van der Waals surface area contributed by atoms with E-state index in [4.69, 9.17) is 4.74 Å². The number of hydrogen-bond acceptors (Lipinski definition) is 4. The van der Waals surface area contributed by atoms with E-state index in [0.717, 1.165) is 12.1 Å². The van der Waals surface area contributed by atoms with Crippen molar-refractivity contribution in [3.05, 3.63) is 59.7 Å². The second kappa shape index (κ2) is 6.12. The fraction of sp³-hybridized carbons (Fsp3) is 0.250. The molecule has 0 bridgehead atoms. The first-order chi connectivity index (χ1) is 11.3. The number of fused-ring (bicyclic) bond motifs is 1.